The number of H-pyrrole nitrogens is 1. The number of aliphatic hydroxyl groups is 1. The van der Waals surface area contributed by atoms with Crippen LogP contribution in [-0.4, -0.2) is 118 Å². The first kappa shape index (κ1) is 58.7. The average molecular weight is 1100 g/mol. The highest BCUT2D eigenvalue weighted by Gasteiger charge is 2.44. The molecule has 418 valence electrons. The summed E-state index contributed by atoms with van der Waals surface area (Å²) in [5.74, 6) is -3.42. The summed E-state index contributed by atoms with van der Waals surface area (Å²) < 4.78 is 57.6. The highest BCUT2D eigenvalue weighted by atomic mass is 32.1. The van der Waals surface area contributed by atoms with Gasteiger partial charge in [-0.15, -0.1) is 11.3 Å². The number of amides is 5. The number of thiazole rings is 1. The fraction of sp³-hybridized carbons (Fsp3) is 0.456. The number of halogens is 4. The maximum atomic E-state index is 15.6. The summed E-state index contributed by atoms with van der Waals surface area (Å²) in [5.41, 5.74) is 1.71. The number of nitrogens with one attached hydrogen (secondary N) is 5. The van der Waals surface area contributed by atoms with Crippen molar-refractivity contribution in [3.8, 4) is 21.6 Å². The molecule has 78 heavy (non-hydrogen) atoms. The molecule has 2 aromatic heterocycles. The van der Waals surface area contributed by atoms with Crippen LogP contribution in [0.1, 0.15) is 117 Å². The molecule has 2 saturated heterocycles. The van der Waals surface area contributed by atoms with E-state index in [1.165, 1.54) is 23.1 Å². The molecule has 0 saturated carbocycles. The number of aromatic nitrogens is 2. The molecular weight excluding hydrogens is 1030 g/mol. The maximum Gasteiger partial charge on any atom is 0.417 e. The van der Waals surface area contributed by atoms with Crippen LogP contribution in [0.4, 0.5) is 28.9 Å². The Balaban J connectivity index is 0.891. The van der Waals surface area contributed by atoms with E-state index in [4.69, 9.17) is 0 Å². The quantitative estimate of drug-likeness (QED) is 0.0344. The number of anilines is 2. The number of rotatable bonds is 19. The predicted octanol–water partition coefficient (Wildman–Crippen LogP) is 8.29. The summed E-state index contributed by atoms with van der Waals surface area (Å²) >= 11 is 1.55. The molecule has 7 rings (SSSR count). The van der Waals surface area contributed by atoms with Crippen molar-refractivity contribution in [3.63, 3.8) is 0 Å². The van der Waals surface area contributed by atoms with Gasteiger partial charge in [-0.25, -0.2) is 9.37 Å². The molecule has 3 aromatic carbocycles. The van der Waals surface area contributed by atoms with Gasteiger partial charge in [0.1, 0.15) is 17.9 Å². The summed E-state index contributed by atoms with van der Waals surface area (Å²) in [5, 5.41) is 21.9. The van der Waals surface area contributed by atoms with Gasteiger partial charge >= 0.3 is 6.18 Å². The number of likely N-dealkylation sites (tertiary alicyclic amines) is 1. The first-order chi connectivity index (χ1) is 36.9. The number of carbonyl (C=O) groups is 5. The van der Waals surface area contributed by atoms with Gasteiger partial charge < -0.3 is 41.2 Å². The summed E-state index contributed by atoms with van der Waals surface area (Å²) in [6.07, 6.45) is -1.61. The first-order valence-electron chi connectivity index (χ1n) is 26.2. The zero-order valence-electron chi connectivity index (χ0n) is 45.0. The number of alkyl halides is 3. The summed E-state index contributed by atoms with van der Waals surface area (Å²) in [4.78, 5) is 92.7. The van der Waals surface area contributed by atoms with Gasteiger partial charge in [-0.1, -0.05) is 70.4 Å². The molecular formula is C57H69F4N9O7S. The highest BCUT2D eigenvalue weighted by molar-refractivity contribution is 7.13. The molecule has 5 aromatic rings. The van der Waals surface area contributed by atoms with E-state index in [9.17, 15) is 47.0 Å². The molecule has 16 nitrogen and oxygen atoms in total. The summed E-state index contributed by atoms with van der Waals surface area (Å²) in [6, 6.07) is 15.0. The molecule has 2 aliphatic heterocycles. The van der Waals surface area contributed by atoms with Gasteiger partial charge in [0.2, 0.25) is 23.3 Å². The second-order valence-corrected chi connectivity index (χ2v) is 22.3. The normalized spacial score (nSPS) is 18.4. The fourth-order valence-electron chi connectivity index (χ4n) is 9.91. The topological polar surface area (TPSA) is 209 Å². The number of aromatic amines is 1. The van der Waals surface area contributed by atoms with Crippen molar-refractivity contribution in [2.45, 2.75) is 129 Å². The van der Waals surface area contributed by atoms with Crippen LogP contribution in [0.25, 0.3) is 21.6 Å². The number of β-amino-alcohol motifs (C(OH)–C–C–N with tert-alkyl or cyclic N) is 1. The molecule has 21 heteroatoms. The number of pyridine rings is 1. The van der Waals surface area contributed by atoms with Crippen molar-refractivity contribution in [2.24, 2.45) is 5.41 Å². The Morgan fingerprint density at radius 2 is 1.54 bits per heavy atom. The maximum absolute atomic E-state index is 15.6. The lowest BCUT2D eigenvalue weighted by molar-refractivity contribution is -0.144. The lowest BCUT2D eigenvalue weighted by Gasteiger charge is -2.44. The van der Waals surface area contributed by atoms with Gasteiger partial charge in [0.25, 0.3) is 11.8 Å². The van der Waals surface area contributed by atoms with Gasteiger partial charge in [-0.2, -0.15) is 13.2 Å². The van der Waals surface area contributed by atoms with E-state index < -0.39 is 75.9 Å². The van der Waals surface area contributed by atoms with E-state index in [1.54, 1.807) is 29.0 Å². The molecule has 6 N–H and O–H groups in total. The minimum absolute atomic E-state index is 0.0191. The Morgan fingerprint density at radius 1 is 0.859 bits per heavy atom. The third kappa shape index (κ3) is 14.6. The van der Waals surface area contributed by atoms with E-state index in [2.05, 4.69) is 36.1 Å². The molecule has 5 amide bonds. The number of aliphatic hydroxyl groups excluding tert-OH is 1. The number of piperazine rings is 1. The number of hydrogen-bond donors (Lipinski definition) is 6. The van der Waals surface area contributed by atoms with Gasteiger partial charge in [-0.3, -0.25) is 33.7 Å². The van der Waals surface area contributed by atoms with E-state index >= 15 is 4.39 Å². The standard InChI is InChI=1S/C57H69F4N9O7S/c1-33-29-69(30-34(2)68(33)7)46-21-19-38(24-45(46)66-53(75)42-28-63-49(73)26-43(42)57(59,60)61)41-23-39(18-20-44(41)58)52(74)62-22-12-10-8-9-11-13-48(72)67-51(56(4,5)6)55(77)70-31-40(71)25-47(70)54(76)64-27-36-14-16-37(17-15-36)50-35(3)65-32-78-50/h14-21,23-24,26,28,32-34,40,47,51,71H,8-13,22,25,27,29-31H2,1-7H3,(H,62,74)(H,63,73)(H,64,76)(H,66,75)(H,67,72)/t33-,34+,40-,47?,51-/m1/s1. The summed E-state index contributed by atoms with van der Waals surface area (Å²) in [6.45, 7) is 13.0. The fourth-order valence-corrected chi connectivity index (χ4v) is 10.7. The summed E-state index contributed by atoms with van der Waals surface area (Å²) in [7, 11) is 1.99. The van der Waals surface area contributed by atoms with Crippen molar-refractivity contribution in [2.75, 3.05) is 43.4 Å². The number of benzene rings is 3. The van der Waals surface area contributed by atoms with Crippen LogP contribution >= 0.6 is 11.3 Å². The van der Waals surface area contributed by atoms with Crippen LogP contribution in [0.15, 0.2) is 83.2 Å². The van der Waals surface area contributed by atoms with Crippen molar-refractivity contribution in [1.29, 1.82) is 0 Å². The third-order valence-electron chi connectivity index (χ3n) is 14.5. The number of hydrogen-bond acceptors (Lipinski definition) is 11. The number of likely N-dealkylation sites (N-methyl/N-ethyl adjacent to an activating group) is 1. The van der Waals surface area contributed by atoms with E-state index in [0.29, 0.717) is 56.8 Å². The van der Waals surface area contributed by atoms with Crippen molar-refractivity contribution in [3.05, 3.63) is 123 Å². The van der Waals surface area contributed by atoms with Crippen LogP contribution in [0.3, 0.4) is 0 Å². The Bertz CT molecular complexity index is 3020. The molecule has 4 heterocycles. The number of unbranched alkanes of at least 4 members (excludes halogenated alkanes) is 4. The van der Waals surface area contributed by atoms with Gasteiger partial charge in [0.05, 0.1) is 44.7 Å². The second kappa shape index (κ2) is 25.2. The molecule has 5 atom stereocenters. The molecule has 0 spiro atoms. The van der Waals surface area contributed by atoms with Crippen LogP contribution in [0, 0.1) is 18.2 Å². The SMILES string of the molecule is Cc1ncsc1-c1ccc(CNC(=O)C2C[C@@H](O)CN2C(=O)[C@@H](NC(=O)CCCCCCCNC(=O)c2ccc(F)c(-c3ccc(N4C[C@@H](C)N(C)[C@@H](C)C4)c(NC(=O)c4c[nH]c(=O)cc4C(F)(F)F)c3)c2)C(C)(C)C)cc1. The Morgan fingerprint density at radius 3 is 2.21 bits per heavy atom. The molecule has 0 bridgehead atoms. The Kier molecular flexibility index (Phi) is 19.0. The molecule has 2 fully saturated rings. The zero-order valence-corrected chi connectivity index (χ0v) is 45.8. The van der Waals surface area contributed by atoms with Gasteiger partial charge in [0.15, 0.2) is 0 Å². The Hall–Kier alpha value is -6.97. The van der Waals surface area contributed by atoms with Gasteiger partial charge in [0, 0.05) is 81.0 Å². The monoisotopic (exact) mass is 1100 g/mol. The molecule has 0 radical (unpaired) electrons. The van der Waals surface area contributed by atoms with Crippen LogP contribution in [0.5, 0.6) is 0 Å². The molecule has 2 aliphatic rings. The largest absolute Gasteiger partial charge is 0.417 e. The Labute approximate surface area is 455 Å². The minimum Gasteiger partial charge on any atom is -0.391 e. The van der Waals surface area contributed by atoms with Gasteiger partial charge in [-0.05, 0) is 93.1 Å². The number of carbonyl (C=O) groups excluding carboxylic acids is 5. The predicted molar refractivity (Wildman–Crippen MR) is 292 cm³/mol. The molecule has 1 unspecified atom stereocenters. The molecule has 0 aliphatic carbocycles. The third-order valence-corrected chi connectivity index (χ3v) is 15.5. The van der Waals surface area contributed by atoms with E-state index in [1.807, 2.05) is 77.8 Å². The van der Waals surface area contributed by atoms with Crippen LogP contribution in [-0.2, 0) is 27.1 Å². The minimum atomic E-state index is -5.00. The van der Waals surface area contributed by atoms with E-state index in [0.717, 1.165) is 40.6 Å². The lowest BCUT2D eigenvalue weighted by atomic mass is 9.85. The number of nitrogens with zero attached hydrogens (tertiary/aromatic N) is 4. The van der Waals surface area contributed by atoms with Crippen LogP contribution < -0.4 is 31.7 Å². The second-order valence-electron chi connectivity index (χ2n) is 21.5. The average Bonchev–Trinajstić information content (AvgIpc) is 4.02. The lowest BCUT2D eigenvalue weighted by Crippen LogP contribution is -2.57. The highest BCUT2D eigenvalue weighted by Crippen LogP contribution is 2.37. The smallest absolute Gasteiger partial charge is 0.391 e. The number of aryl methyl sites for hydroxylation is 1. The van der Waals surface area contributed by atoms with Crippen molar-refractivity contribution >= 4 is 52.2 Å². The van der Waals surface area contributed by atoms with Crippen LogP contribution in [0.2, 0.25) is 0 Å². The zero-order chi connectivity index (χ0) is 56.6. The van der Waals surface area contributed by atoms with Crippen molar-refractivity contribution < 1.29 is 46.6 Å². The first-order valence-corrected chi connectivity index (χ1v) is 27.1. The van der Waals surface area contributed by atoms with E-state index in [-0.39, 0.29) is 66.3 Å². The van der Waals surface area contributed by atoms with Crippen molar-refractivity contribution in [1.82, 2.24) is 35.7 Å².